The van der Waals surface area contributed by atoms with Crippen LogP contribution in [0.5, 0.6) is 0 Å². The zero-order valence-corrected chi connectivity index (χ0v) is 10.4. The van der Waals surface area contributed by atoms with Gasteiger partial charge < -0.3 is 14.9 Å². The molecule has 1 aliphatic heterocycles. The van der Waals surface area contributed by atoms with Gasteiger partial charge in [0.15, 0.2) is 9.84 Å². The molecular weight excluding hydrogens is 248 g/mol. The summed E-state index contributed by atoms with van der Waals surface area (Å²) in [6.07, 6.45) is 0. The highest BCUT2D eigenvalue weighted by atomic mass is 32.2. The molecule has 1 aliphatic rings. The third kappa shape index (κ3) is 4.70. The van der Waals surface area contributed by atoms with Gasteiger partial charge in [0.1, 0.15) is 11.5 Å². The van der Waals surface area contributed by atoms with Gasteiger partial charge in [-0.05, 0) is 7.05 Å². The molecule has 17 heavy (non-hydrogen) atoms. The van der Waals surface area contributed by atoms with Crippen LogP contribution in [0.1, 0.15) is 0 Å². The number of likely N-dealkylation sites (N-methyl/N-ethyl adjacent to an activating group) is 1. The maximum Gasteiger partial charge on any atom is 0.318 e. The summed E-state index contributed by atoms with van der Waals surface area (Å²) in [4.78, 5) is 25.4. The zero-order chi connectivity index (χ0) is 13.1. The molecule has 0 atom stereocenters. The van der Waals surface area contributed by atoms with E-state index < -0.39 is 33.2 Å². The Hall–Kier alpha value is -1.15. The van der Waals surface area contributed by atoms with Crippen molar-refractivity contribution in [3.8, 4) is 0 Å². The second-order valence-corrected chi connectivity index (χ2v) is 6.17. The number of hydrogen-bond acceptors (Lipinski definition) is 5. The van der Waals surface area contributed by atoms with Crippen LogP contribution in [0.2, 0.25) is 0 Å². The van der Waals surface area contributed by atoms with Gasteiger partial charge in [0.05, 0.1) is 0 Å². The summed E-state index contributed by atoms with van der Waals surface area (Å²) in [5.41, 5.74) is 0. The van der Waals surface area contributed by atoms with E-state index in [1.165, 1.54) is 4.90 Å². The fraction of sp³-hybridized carbons (Fsp3) is 0.778. The molecule has 0 spiro atoms. The van der Waals surface area contributed by atoms with Gasteiger partial charge in [0.2, 0.25) is 5.91 Å². The number of piperazine rings is 1. The summed E-state index contributed by atoms with van der Waals surface area (Å²) < 4.78 is 22.6. The number of carbonyl (C=O) groups excluding carboxylic acids is 1. The summed E-state index contributed by atoms with van der Waals surface area (Å²) in [6, 6.07) is 0. The molecule has 1 fully saturated rings. The average molecular weight is 264 g/mol. The van der Waals surface area contributed by atoms with Gasteiger partial charge >= 0.3 is 5.97 Å². The summed E-state index contributed by atoms with van der Waals surface area (Å²) in [7, 11) is -1.93. The van der Waals surface area contributed by atoms with Crippen LogP contribution < -0.4 is 0 Å². The molecule has 98 valence electrons. The SMILES string of the molecule is CN1CCN(C(=O)CS(=O)(=O)CC(=O)O)CC1. The molecule has 0 saturated carbocycles. The minimum atomic E-state index is -3.85. The molecule has 0 aromatic rings. The van der Waals surface area contributed by atoms with E-state index in [0.717, 1.165) is 0 Å². The second-order valence-electron chi connectivity index (χ2n) is 4.11. The number of amides is 1. The molecule has 1 heterocycles. The van der Waals surface area contributed by atoms with Crippen LogP contribution in [-0.2, 0) is 19.4 Å². The molecule has 7 nitrogen and oxygen atoms in total. The van der Waals surface area contributed by atoms with Gasteiger partial charge in [0, 0.05) is 26.2 Å². The van der Waals surface area contributed by atoms with E-state index in [9.17, 15) is 18.0 Å². The van der Waals surface area contributed by atoms with E-state index >= 15 is 0 Å². The standard InChI is InChI=1S/C9H16N2O5S/c1-10-2-4-11(5-3-10)8(12)6-17(15,16)7-9(13)14/h2-7H2,1H3,(H,13,14). The largest absolute Gasteiger partial charge is 0.480 e. The summed E-state index contributed by atoms with van der Waals surface area (Å²) in [5, 5.41) is 8.40. The molecule has 0 aromatic heterocycles. The lowest BCUT2D eigenvalue weighted by molar-refractivity contribution is -0.134. The molecule has 1 saturated heterocycles. The minimum absolute atomic E-state index is 0.484. The highest BCUT2D eigenvalue weighted by Crippen LogP contribution is 2.02. The number of hydrogen-bond donors (Lipinski definition) is 1. The topological polar surface area (TPSA) is 95.0 Å². The molecule has 0 radical (unpaired) electrons. The summed E-state index contributed by atoms with van der Waals surface area (Å²) in [6.45, 7) is 2.37. The number of carboxylic acids is 1. The van der Waals surface area contributed by atoms with E-state index in [1.807, 2.05) is 11.9 Å². The number of rotatable bonds is 4. The third-order valence-electron chi connectivity index (χ3n) is 2.54. The van der Waals surface area contributed by atoms with E-state index in [4.69, 9.17) is 5.11 Å². The van der Waals surface area contributed by atoms with Gasteiger partial charge in [-0.2, -0.15) is 0 Å². The highest BCUT2D eigenvalue weighted by molar-refractivity contribution is 7.92. The van der Waals surface area contributed by atoms with Gasteiger partial charge in [0.25, 0.3) is 0 Å². The van der Waals surface area contributed by atoms with Gasteiger partial charge in [-0.1, -0.05) is 0 Å². The lowest BCUT2D eigenvalue weighted by Gasteiger charge is -2.32. The van der Waals surface area contributed by atoms with Crippen LogP contribution in [0, 0.1) is 0 Å². The first-order valence-corrected chi connectivity index (χ1v) is 7.01. The molecule has 0 aliphatic carbocycles. The lowest BCUT2D eigenvalue weighted by Crippen LogP contribution is -2.49. The number of nitrogens with zero attached hydrogens (tertiary/aromatic N) is 2. The van der Waals surface area contributed by atoms with Crippen molar-refractivity contribution in [3.63, 3.8) is 0 Å². The number of carboxylic acid groups (broad SMARTS) is 1. The molecule has 0 bridgehead atoms. The van der Waals surface area contributed by atoms with Crippen LogP contribution in [0.3, 0.4) is 0 Å². The molecule has 0 unspecified atom stereocenters. The molecule has 0 aromatic carbocycles. The Labute approximate surface area is 99.9 Å². The van der Waals surface area contributed by atoms with E-state index in [0.29, 0.717) is 26.2 Å². The second kappa shape index (κ2) is 5.46. The van der Waals surface area contributed by atoms with E-state index in [-0.39, 0.29) is 0 Å². The normalized spacial score (nSPS) is 18.1. The molecule has 1 N–H and O–H groups in total. The predicted octanol–water partition coefficient (Wildman–Crippen LogP) is -1.74. The Kier molecular flexibility index (Phi) is 4.47. The Morgan fingerprint density at radius 3 is 2.12 bits per heavy atom. The fourth-order valence-corrected chi connectivity index (χ4v) is 2.61. The molecular formula is C9H16N2O5S. The molecule has 8 heteroatoms. The van der Waals surface area contributed by atoms with Crippen molar-refractivity contribution in [2.45, 2.75) is 0 Å². The Bertz CT molecular complexity index is 398. The van der Waals surface area contributed by atoms with Crippen molar-refractivity contribution in [1.82, 2.24) is 9.80 Å². The van der Waals surface area contributed by atoms with Crippen LogP contribution in [0.15, 0.2) is 0 Å². The van der Waals surface area contributed by atoms with Gasteiger partial charge in [-0.15, -0.1) is 0 Å². The maximum atomic E-state index is 11.6. The molecule has 1 rings (SSSR count). The zero-order valence-electron chi connectivity index (χ0n) is 9.63. The Balaban J connectivity index is 2.52. The first kappa shape index (κ1) is 13.9. The minimum Gasteiger partial charge on any atom is -0.480 e. The first-order chi connectivity index (χ1) is 7.80. The van der Waals surface area contributed by atoms with Crippen molar-refractivity contribution in [2.75, 3.05) is 44.7 Å². The van der Waals surface area contributed by atoms with Crippen LogP contribution in [0.25, 0.3) is 0 Å². The van der Waals surface area contributed by atoms with Crippen molar-refractivity contribution in [3.05, 3.63) is 0 Å². The van der Waals surface area contributed by atoms with Gasteiger partial charge in [-0.25, -0.2) is 8.42 Å². The summed E-state index contributed by atoms with van der Waals surface area (Å²) in [5.74, 6) is -3.66. The van der Waals surface area contributed by atoms with E-state index in [2.05, 4.69) is 0 Å². The van der Waals surface area contributed by atoms with E-state index in [1.54, 1.807) is 0 Å². The predicted molar refractivity (Wildman–Crippen MR) is 60.4 cm³/mol. The number of carbonyl (C=O) groups is 2. The van der Waals surface area contributed by atoms with Crippen LogP contribution >= 0.6 is 0 Å². The van der Waals surface area contributed by atoms with Crippen molar-refractivity contribution in [2.24, 2.45) is 0 Å². The summed E-state index contributed by atoms with van der Waals surface area (Å²) >= 11 is 0. The van der Waals surface area contributed by atoms with Gasteiger partial charge in [-0.3, -0.25) is 9.59 Å². The third-order valence-corrected chi connectivity index (χ3v) is 3.92. The number of sulfone groups is 1. The smallest absolute Gasteiger partial charge is 0.318 e. The van der Waals surface area contributed by atoms with Crippen LogP contribution in [0.4, 0.5) is 0 Å². The molecule has 1 amide bonds. The highest BCUT2D eigenvalue weighted by Gasteiger charge is 2.25. The Morgan fingerprint density at radius 2 is 1.65 bits per heavy atom. The van der Waals surface area contributed by atoms with Crippen LogP contribution in [-0.4, -0.2) is 79.9 Å². The average Bonchev–Trinajstić information content (AvgIpc) is 2.15. The number of aliphatic carboxylic acids is 1. The Morgan fingerprint density at radius 1 is 1.12 bits per heavy atom. The lowest BCUT2D eigenvalue weighted by atomic mass is 10.3. The first-order valence-electron chi connectivity index (χ1n) is 5.19. The van der Waals surface area contributed by atoms with Crippen molar-refractivity contribution < 1.29 is 23.1 Å². The quantitative estimate of drug-likeness (QED) is 0.647. The fourth-order valence-electron chi connectivity index (χ4n) is 1.57. The maximum absolute atomic E-state index is 11.6. The van der Waals surface area contributed by atoms with Crippen molar-refractivity contribution >= 4 is 21.7 Å². The monoisotopic (exact) mass is 264 g/mol. The van der Waals surface area contributed by atoms with Crippen molar-refractivity contribution in [1.29, 1.82) is 0 Å².